The summed E-state index contributed by atoms with van der Waals surface area (Å²) in [7, 11) is 1.68. The molecule has 0 aliphatic heterocycles. The molecule has 0 saturated carbocycles. The molecule has 0 unspecified atom stereocenters. The van der Waals surface area contributed by atoms with E-state index in [2.05, 4.69) is 32.7 Å². The highest BCUT2D eigenvalue weighted by Crippen LogP contribution is 2.19. The molecule has 15 heavy (non-hydrogen) atoms. The van der Waals surface area contributed by atoms with E-state index in [9.17, 15) is 10.1 Å². The van der Waals surface area contributed by atoms with Crippen molar-refractivity contribution in [1.82, 2.24) is 19.3 Å². The third-order valence-corrected chi connectivity index (χ3v) is 2.39. The van der Waals surface area contributed by atoms with Crippen LogP contribution >= 0.6 is 22.6 Å². The second kappa shape index (κ2) is 3.61. The Hall–Kier alpha value is -1.45. The van der Waals surface area contributed by atoms with E-state index >= 15 is 0 Å². The van der Waals surface area contributed by atoms with Crippen molar-refractivity contribution in [2.45, 2.75) is 0 Å². The zero-order chi connectivity index (χ0) is 11.0. The van der Waals surface area contributed by atoms with Crippen LogP contribution in [0.15, 0.2) is 18.7 Å². The highest BCUT2D eigenvalue weighted by Gasteiger charge is 2.22. The van der Waals surface area contributed by atoms with Gasteiger partial charge in [-0.1, -0.05) is 0 Å². The van der Waals surface area contributed by atoms with Gasteiger partial charge in [0.05, 0.1) is 9.77 Å². The Bertz CT molecular complexity index is 517. The van der Waals surface area contributed by atoms with Crippen LogP contribution in [0.1, 0.15) is 0 Å². The van der Waals surface area contributed by atoms with E-state index in [1.807, 2.05) is 0 Å². The summed E-state index contributed by atoms with van der Waals surface area (Å²) in [5.74, 6) is 0.153. The number of hydrogen-bond donors (Lipinski definition) is 0. The second-order valence-electron chi connectivity index (χ2n) is 2.86. The Morgan fingerprint density at radius 3 is 2.87 bits per heavy atom. The molecular weight excluding hydrogens is 313 g/mol. The van der Waals surface area contributed by atoms with Crippen molar-refractivity contribution in [2.24, 2.45) is 7.05 Å². The van der Waals surface area contributed by atoms with Gasteiger partial charge in [0.2, 0.25) is 12.1 Å². The average Bonchev–Trinajstić information content (AvgIpc) is 2.71. The summed E-state index contributed by atoms with van der Waals surface area (Å²) >= 11 is 2.08. The molecule has 2 rings (SSSR count). The number of halogens is 1. The van der Waals surface area contributed by atoms with Crippen LogP contribution < -0.4 is 0 Å². The Kier molecular flexibility index (Phi) is 2.42. The third kappa shape index (κ3) is 1.71. The van der Waals surface area contributed by atoms with Gasteiger partial charge in [0.1, 0.15) is 0 Å². The molecule has 0 aliphatic rings. The number of nitro groups is 1. The van der Waals surface area contributed by atoms with Crippen molar-refractivity contribution in [3.8, 4) is 5.82 Å². The highest BCUT2D eigenvalue weighted by atomic mass is 127. The van der Waals surface area contributed by atoms with Crippen LogP contribution in [0, 0.1) is 13.7 Å². The van der Waals surface area contributed by atoms with Crippen LogP contribution in [0.4, 0.5) is 5.82 Å². The monoisotopic (exact) mass is 319 g/mol. The fourth-order valence-corrected chi connectivity index (χ4v) is 1.61. The van der Waals surface area contributed by atoms with Gasteiger partial charge < -0.3 is 10.1 Å². The van der Waals surface area contributed by atoms with Gasteiger partial charge in [0, 0.05) is 13.2 Å². The number of hydrogen-bond acceptors (Lipinski definition) is 4. The van der Waals surface area contributed by atoms with Gasteiger partial charge >= 0.3 is 5.82 Å². The molecule has 0 N–H and O–H groups in total. The van der Waals surface area contributed by atoms with Crippen molar-refractivity contribution >= 4 is 28.4 Å². The van der Waals surface area contributed by atoms with E-state index in [0.29, 0.717) is 5.82 Å². The molecule has 0 spiro atoms. The topological polar surface area (TPSA) is 78.8 Å². The lowest BCUT2D eigenvalue weighted by Gasteiger charge is -2.00. The van der Waals surface area contributed by atoms with Crippen molar-refractivity contribution in [3.05, 3.63) is 32.4 Å². The zero-order valence-electron chi connectivity index (χ0n) is 7.66. The maximum Gasteiger partial charge on any atom is 0.408 e. The molecule has 2 aromatic heterocycles. The van der Waals surface area contributed by atoms with Crippen molar-refractivity contribution < 1.29 is 4.92 Å². The predicted octanol–water partition coefficient (Wildman–Crippen LogP) is 1.12. The lowest BCUT2D eigenvalue weighted by molar-refractivity contribution is -0.389. The molecular formula is C7H6IN5O2. The van der Waals surface area contributed by atoms with Gasteiger partial charge in [-0.15, -0.1) is 0 Å². The number of imidazole rings is 1. The molecule has 2 aromatic rings. The molecule has 2 heterocycles. The van der Waals surface area contributed by atoms with Crippen molar-refractivity contribution in [3.63, 3.8) is 0 Å². The summed E-state index contributed by atoms with van der Waals surface area (Å²) in [4.78, 5) is 13.9. The first-order chi connectivity index (χ1) is 7.09. The first-order valence-corrected chi connectivity index (χ1v) is 5.03. The Balaban J connectivity index is 2.60. The smallest absolute Gasteiger partial charge is 0.358 e. The molecule has 0 fully saturated rings. The van der Waals surface area contributed by atoms with E-state index in [-0.39, 0.29) is 5.82 Å². The van der Waals surface area contributed by atoms with Crippen molar-refractivity contribution in [2.75, 3.05) is 0 Å². The minimum absolute atomic E-state index is 0.197. The van der Waals surface area contributed by atoms with Gasteiger partial charge in [0.15, 0.2) is 0 Å². The van der Waals surface area contributed by atoms with E-state index in [4.69, 9.17) is 0 Å². The summed E-state index contributed by atoms with van der Waals surface area (Å²) in [5, 5.41) is 14.7. The van der Waals surface area contributed by atoms with Gasteiger partial charge in [0.25, 0.3) is 0 Å². The summed E-state index contributed by atoms with van der Waals surface area (Å²) in [6, 6.07) is 0. The first-order valence-electron chi connectivity index (χ1n) is 3.96. The summed E-state index contributed by atoms with van der Waals surface area (Å²) in [6.07, 6.45) is 4.71. The Labute approximate surface area is 98.0 Å². The van der Waals surface area contributed by atoms with Crippen LogP contribution in [0.3, 0.4) is 0 Å². The maximum atomic E-state index is 10.7. The number of rotatable bonds is 2. The van der Waals surface area contributed by atoms with E-state index in [1.165, 1.54) is 11.0 Å². The van der Waals surface area contributed by atoms with Crippen LogP contribution in [0.25, 0.3) is 5.82 Å². The lowest BCUT2D eigenvalue weighted by atomic mass is 10.6. The van der Waals surface area contributed by atoms with E-state index < -0.39 is 4.92 Å². The van der Waals surface area contributed by atoms with Crippen molar-refractivity contribution in [1.29, 1.82) is 0 Å². The standard InChI is InChI=1S/C7H6IN5O2/c1-11-4-9-6(13(14)15)7(11)12-3-5(8)2-10-12/h2-4H,1H3. The predicted molar refractivity (Wildman–Crippen MR) is 59.7 cm³/mol. The number of nitrogens with zero attached hydrogens (tertiary/aromatic N) is 5. The van der Waals surface area contributed by atoms with Gasteiger partial charge in [-0.3, -0.25) is 4.57 Å². The largest absolute Gasteiger partial charge is 0.408 e. The molecule has 0 atom stereocenters. The zero-order valence-corrected chi connectivity index (χ0v) is 9.82. The lowest BCUT2D eigenvalue weighted by Crippen LogP contribution is -2.04. The third-order valence-electron chi connectivity index (χ3n) is 1.83. The fourth-order valence-electron chi connectivity index (χ4n) is 1.22. The molecule has 8 heteroatoms. The molecule has 78 valence electrons. The highest BCUT2D eigenvalue weighted by molar-refractivity contribution is 14.1. The van der Waals surface area contributed by atoms with Gasteiger partial charge in [-0.2, -0.15) is 5.10 Å². The summed E-state index contributed by atoms with van der Waals surface area (Å²) in [6.45, 7) is 0. The molecule has 0 aliphatic carbocycles. The van der Waals surface area contributed by atoms with Crippen LogP contribution in [0.5, 0.6) is 0 Å². The van der Waals surface area contributed by atoms with Crippen LogP contribution in [0.2, 0.25) is 0 Å². The molecule has 0 amide bonds. The van der Waals surface area contributed by atoms with Crippen LogP contribution in [-0.4, -0.2) is 24.3 Å². The van der Waals surface area contributed by atoms with Gasteiger partial charge in [-0.25, -0.2) is 4.68 Å². The Morgan fingerprint density at radius 2 is 2.33 bits per heavy atom. The van der Waals surface area contributed by atoms with E-state index in [0.717, 1.165) is 3.57 Å². The van der Waals surface area contributed by atoms with E-state index in [1.54, 1.807) is 24.0 Å². The quantitative estimate of drug-likeness (QED) is 0.472. The normalized spacial score (nSPS) is 10.5. The SMILES string of the molecule is Cn1cnc([N+](=O)[O-])c1-n1cc(I)cn1. The van der Waals surface area contributed by atoms with Crippen LogP contribution in [-0.2, 0) is 7.05 Å². The average molecular weight is 319 g/mol. The minimum Gasteiger partial charge on any atom is -0.358 e. The number of aryl methyl sites for hydroxylation is 1. The minimum atomic E-state index is -0.524. The maximum absolute atomic E-state index is 10.7. The molecule has 0 aromatic carbocycles. The molecule has 0 bridgehead atoms. The first kappa shape index (κ1) is 10.1. The molecule has 7 nitrogen and oxygen atoms in total. The number of aromatic nitrogens is 4. The van der Waals surface area contributed by atoms with Gasteiger partial charge in [-0.05, 0) is 32.5 Å². The second-order valence-corrected chi connectivity index (χ2v) is 4.11. The summed E-state index contributed by atoms with van der Waals surface area (Å²) in [5.41, 5.74) is 0. The molecule has 0 saturated heterocycles. The molecule has 0 radical (unpaired) electrons. The Morgan fingerprint density at radius 1 is 1.60 bits per heavy atom. The fraction of sp³-hybridized carbons (Fsp3) is 0.143. The summed E-state index contributed by atoms with van der Waals surface area (Å²) < 4.78 is 3.90.